The Kier molecular flexibility index (Phi) is 1.66. The summed E-state index contributed by atoms with van der Waals surface area (Å²) in [5, 5.41) is 10.0. The normalized spacial score (nSPS) is 10.2. The number of aryl methyl sites for hydroxylation is 1. The van der Waals surface area contributed by atoms with Crippen molar-refractivity contribution in [1.82, 2.24) is 25.0 Å². The number of carbonyl (C=O) groups is 1. The van der Waals surface area contributed by atoms with Crippen LogP contribution in [-0.2, 0) is 7.05 Å². The van der Waals surface area contributed by atoms with Gasteiger partial charge in [0.1, 0.15) is 12.0 Å². The smallest absolute Gasteiger partial charge is 0.249 e. The van der Waals surface area contributed by atoms with Gasteiger partial charge < -0.3 is 0 Å². The highest BCUT2D eigenvalue weighted by atomic mass is 16.1. The van der Waals surface area contributed by atoms with E-state index >= 15 is 0 Å². The summed E-state index contributed by atoms with van der Waals surface area (Å²) in [4.78, 5) is 15.2. The average molecular weight is 177 g/mol. The van der Waals surface area contributed by atoms with Crippen LogP contribution in [-0.4, -0.2) is 30.7 Å². The molecule has 0 amide bonds. The van der Waals surface area contributed by atoms with Gasteiger partial charge in [-0.2, -0.15) is 10.2 Å². The SMILES string of the molecule is Cn1ccc(C(=O)c2ncn[nH]2)n1. The Bertz CT molecular complexity index is 416. The molecule has 0 aliphatic rings. The number of hydrogen-bond acceptors (Lipinski definition) is 4. The van der Waals surface area contributed by atoms with E-state index in [1.54, 1.807) is 24.0 Å². The number of rotatable bonds is 2. The monoisotopic (exact) mass is 177 g/mol. The first-order valence-corrected chi connectivity index (χ1v) is 3.67. The molecular weight excluding hydrogens is 170 g/mol. The van der Waals surface area contributed by atoms with Crippen molar-refractivity contribution in [1.29, 1.82) is 0 Å². The van der Waals surface area contributed by atoms with Gasteiger partial charge in [-0.3, -0.25) is 14.6 Å². The number of carbonyl (C=O) groups excluding carboxylic acids is 1. The van der Waals surface area contributed by atoms with Gasteiger partial charge in [0, 0.05) is 13.2 Å². The molecule has 6 nitrogen and oxygen atoms in total. The lowest BCUT2D eigenvalue weighted by Crippen LogP contribution is -2.05. The number of aromatic amines is 1. The van der Waals surface area contributed by atoms with Crippen LogP contribution in [0.5, 0.6) is 0 Å². The second kappa shape index (κ2) is 2.81. The summed E-state index contributed by atoms with van der Waals surface area (Å²) < 4.78 is 1.56. The van der Waals surface area contributed by atoms with Crippen LogP contribution in [0.3, 0.4) is 0 Å². The molecule has 0 saturated heterocycles. The Morgan fingerprint density at radius 1 is 1.62 bits per heavy atom. The molecule has 0 atom stereocenters. The Morgan fingerprint density at radius 2 is 2.46 bits per heavy atom. The number of H-pyrrole nitrogens is 1. The minimum atomic E-state index is -0.252. The Balaban J connectivity index is 2.33. The molecule has 2 rings (SSSR count). The van der Waals surface area contributed by atoms with Gasteiger partial charge in [0.05, 0.1) is 0 Å². The Hall–Kier alpha value is -1.98. The van der Waals surface area contributed by atoms with Crippen molar-refractivity contribution in [3.05, 3.63) is 30.1 Å². The highest BCUT2D eigenvalue weighted by Gasteiger charge is 2.13. The van der Waals surface area contributed by atoms with Gasteiger partial charge >= 0.3 is 0 Å². The molecule has 0 fully saturated rings. The molecule has 1 N–H and O–H groups in total. The van der Waals surface area contributed by atoms with Crippen LogP contribution >= 0.6 is 0 Å². The molecule has 13 heavy (non-hydrogen) atoms. The van der Waals surface area contributed by atoms with Crippen LogP contribution in [0.15, 0.2) is 18.6 Å². The number of hydrogen-bond donors (Lipinski definition) is 1. The van der Waals surface area contributed by atoms with Crippen LogP contribution in [0.4, 0.5) is 0 Å². The molecule has 0 saturated carbocycles. The Morgan fingerprint density at radius 3 is 3.00 bits per heavy atom. The van der Waals surface area contributed by atoms with E-state index in [1.165, 1.54) is 6.33 Å². The molecule has 2 aromatic rings. The first-order chi connectivity index (χ1) is 6.27. The largest absolute Gasteiger partial charge is 0.283 e. The van der Waals surface area contributed by atoms with Gasteiger partial charge in [0.15, 0.2) is 5.82 Å². The van der Waals surface area contributed by atoms with Crippen molar-refractivity contribution < 1.29 is 4.79 Å². The van der Waals surface area contributed by atoms with Crippen molar-refractivity contribution in [2.24, 2.45) is 7.05 Å². The standard InChI is InChI=1S/C7H7N5O/c1-12-3-2-5(11-12)6(13)7-8-4-9-10-7/h2-4H,1H3,(H,8,9,10). The summed E-state index contributed by atoms with van der Waals surface area (Å²) in [6, 6.07) is 1.63. The molecule has 0 aliphatic heterocycles. The van der Waals surface area contributed by atoms with E-state index in [1.807, 2.05) is 0 Å². The number of aromatic nitrogens is 5. The average Bonchev–Trinajstić information content (AvgIpc) is 2.72. The second-order valence-corrected chi connectivity index (χ2v) is 2.54. The maximum atomic E-state index is 11.5. The molecule has 2 aromatic heterocycles. The fourth-order valence-electron chi connectivity index (χ4n) is 0.972. The zero-order valence-corrected chi connectivity index (χ0v) is 6.93. The van der Waals surface area contributed by atoms with E-state index in [2.05, 4.69) is 20.3 Å². The van der Waals surface area contributed by atoms with Gasteiger partial charge in [-0.1, -0.05) is 0 Å². The molecule has 6 heteroatoms. The summed E-state index contributed by atoms with van der Waals surface area (Å²) in [5.41, 5.74) is 0.360. The van der Waals surface area contributed by atoms with Gasteiger partial charge in [0.25, 0.3) is 0 Å². The summed E-state index contributed by atoms with van der Waals surface area (Å²) in [5.74, 6) is -0.0446. The summed E-state index contributed by atoms with van der Waals surface area (Å²) in [6.07, 6.45) is 2.99. The van der Waals surface area contributed by atoms with Crippen LogP contribution in [0.2, 0.25) is 0 Å². The van der Waals surface area contributed by atoms with Crippen molar-refractivity contribution in [2.75, 3.05) is 0 Å². The van der Waals surface area contributed by atoms with Crippen molar-refractivity contribution >= 4 is 5.78 Å². The number of nitrogens with one attached hydrogen (secondary N) is 1. The first kappa shape index (κ1) is 7.66. The predicted molar refractivity (Wildman–Crippen MR) is 43.0 cm³/mol. The molecule has 2 heterocycles. The molecule has 0 spiro atoms. The van der Waals surface area contributed by atoms with Gasteiger partial charge in [0.2, 0.25) is 5.78 Å². The summed E-state index contributed by atoms with van der Waals surface area (Å²) in [7, 11) is 1.75. The molecular formula is C7H7N5O. The van der Waals surface area contributed by atoms with Crippen LogP contribution in [0, 0.1) is 0 Å². The van der Waals surface area contributed by atoms with E-state index < -0.39 is 0 Å². The molecule has 0 radical (unpaired) electrons. The molecule has 0 bridgehead atoms. The van der Waals surface area contributed by atoms with Gasteiger partial charge in [-0.15, -0.1) is 0 Å². The maximum absolute atomic E-state index is 11.5. The fraction of sp³-hybridized carbons (Fsp3) is 0.143. The minimum Gasteiger partial charge on any atom is -0.283 e. The molecule has 66 valence electrons. The lowest BCUT2D eigenvalue weighted by molar-refractivity contribution is 0.102. The van der Waals surface area contributed by atoms with E-state index in [4.69, 9.17) is 0 Å². The van der Waals surface area contributed by atoms with Crippen molar-refractivity contribution in [3.63, 3.8) is 0 Å². The quantitative estimate of drug-likeness (QED) is 0.643. The zero-order chi connectivity index (χ0) is 9.26. The molecule has 0 aliphatic carbocycles. The summed E-state index contributed by atoms with van der Waals surface area (Å²) in [6.45, 7) is 0. The van der Waals surface area contributed by atoms with E-state index in [9.17, 15) is 4.79 Å². The van der Waals surface area contributed by atoms with Crippen LogP contribution < -0.4 is 0 Å². The fourth-order valence-corrected chi connectivity index (χ4v) is 0.972. The van der Waals surface area contributed by atoms with Crippen LogP contribution in [0.1, 0.15) is 16.3 Å². The van der Waals surface area contributed by atoms with E-state index in [0.717, 1.165) is 0 Å². The second-order valence-electron chi connectivity index (χ2n) is 2.54. The highest BCUT2D eigenvalue weighted by Crippen LogP contribution is 2.00. The molecule has 0 aromatic carbocycles. The third-order valence-corrected chi connectivity index (χ3v) is 1.58. The maximum Gasteiger partial charge on any atom is 0.249 e. The minimum absolute atomic E-state index is 0.207. The Labute approximate surface area is 73.6 Å². The van der Waals surface area contributed by atoms with Gasteiger partial charge in [-0.05, 0) is 6.07 Å². The third kappa shape index (κ3) is 1.33. The molecule has 0 unspecified atom stereocenters. The highest BCUT2D eigenvalue weighted by molar-refractivity contribution is 6.04. The first-order valence-electron chi connectivity index (χ1n) is 3.67. The van der Waals surface area contributed by atoms with E-state index in [0.29, 0.717) is 5.69 Å². The lowest BCUT2D eigenvalue weighted by atomic mass is 10.3. The zero-order valence-electron chi connectivity index (χ0n) is 6.93. The lowest BCUT2D eigenvalue weighted by Gasteiger charge is -1.89. The topological polar surface area (TPSA) is 76.5 Å². The number of ketones is 1. The van der Waals surface area contributed by atoms with Crippen molar-refractivity contribution in [3.8, 4) is 0 Å². The summed E-state index contributed by atoms with van der Waals surface area (Å²) >= 11 is 0. The van der Waals surface area contributed by atoms with E-state index in [-0.39, 0.29) is 11.6 Å². The predicted octanol–water partition coefficient (Wildman–Crippen LogP) is -0.231. The third-order valence-electron chi connectivity index (χ3n) is 1.58. The number of nitrogens with zero attached hydrogens (tertiary/aromatic N) is 4. The van der Waals surface area contributed by atoms with Crippen molar-refractivity contribution in [2.45, 2.75) is 0 Å². The van der Waals surface area contributed by atoms with Crippen LogP contribution in [0.25, 0.3) is 0 Å². The van der Waals surface area contributed by atoms with Gasteiger partial charge in [-0.25, -0.2) is 4.98 Å².